The summed E-state index contributed by atoms with van der Waals surface area (Å²) >= 11 is 6.41. The van der Waals surface area contributed by atoms with Crippen molar-refractivity contribution in [3.8, 4) is 11.5 Å². The molecule has 3 aromatic rings. The Bertz CT molecular complexity index is 1350. The highest BCUT2D eigenvalue weighted by atomic mass is 35.5. The summed E-state index contributed by atoms with van der Waals surface area (Å²) < 4.78 is 11.1. The van der Waals surface area contributed by atoms with E-state index in [0.717, 1.165) is 11.1 Å². The molecule has 7 heteroatoms. The SMILES string of the molecule is CCOc1ccc(Cl)c(/C(O)=C2\C(=O)C(=O)N(c3ccc(C)c(C)c3)C2c2ccccc2OC)c1. The van der Waals surface area contributed by atoms with Gasteiger partial charge in [-0.2, -0.15) is 0 Å². The Kier molecular flexibility index (Phi) is 6.85. The number of Topliss-reactive ketones (excluding diaryl/α,β-unsaturated/α-hetero) is 1. The molecule has 6 nitrogen and oxygen atoms in total. The third kappa shape index (κ3) is 4.37. The van der Waals surface area contributed by atoms with Gasteiger partial charge in [-0.15, -0.1) is 0 Å². The largest absolute Gasteiger partial charge is 0.507 e. The van der Waals surface area contributed by atoms with Crippen molar-refractivity contribution in [2.45, 2.75) is 26.8 Å². The fraction of sp³-hybridized carbons (Fsp3) is 0.214. The van der Waals surface area contributed by atoms with Crippen molar-refractivity contribution in [2.24, 2.45) is 0 Å². The van der Waals surface area contributed by atoms with Gasteiger partial charge in [-0.1, -0.05) is 35.9 Å². The molecule has 1 aliphatic heterocycles. The van der Waals surface area contributed by atoms with Gasteiger partial charge in [0, 0.05) is 16.8 Å². The lowest BCUT2D eigenvalue weighted by atomic mass is 9.94. The molecule has 0 spiro atoms. The van der Waals surface area contributed by atoms with E-state index < -0.39 is 17.7 Å². The van der Waals surface area contributed by atoms with E-state index in [1.807, 2.05) is 32.9 Å². The second kappa shape index (κ2) is 9.84. The Labute approximate surface area is 209 Å². The lowest BCUT2D eigenvalue weighted by Gasteiger charge is -2.27. The number of hydrogen-bond acceptors (Lipinski definition) is 5. The first-order valence-corrected chi connectivity index (χ1v) is 11.6. The summed E-state index contributed by atoms with van der Waals surface area (Å²) in [4.78, 5) is 28.3. The van der Waals surface area contributed by atoms with Crippen LogP contribution < -0.4 is 14.4 Å². The first-order valence-electron chi connectivity index (χ1n) is 11.2. The van der Waals surface area contributed by atoms with Crippen LogP contribution in [0.3, 0.4) is 0 Å². The summed E-state index contributed by atoms with van der Waals surface area (Å²) in [5.74, 6) is -0.974. The molecule has 1 fully saturated rings. The number of nitrogens with zero attached hydrogens (tertiary/aromatic N) is 1. The van der Waals surface area contributed by atoms with Crippen molar-refractivity contribution in [3.05, 3.63) is 93.5 Å². The molecule has 4 rings (SSSR count). The number of hydrogen-bond donors (Lipinski definition) is 1. The number of carbonyl (C=O) groups excluding carboxylic acids is 2. The number of aliphatic hydroxyl groups is 1. The lowest BCUT2D eigenvalue weighted by molar-refractivity contribution is -0.132. The zero-order valence-electron chi connectivity index (χ0n) is 20.0. The minimum Gasteiger partial charge on any atom is -0.507 e. The molecule has 1 amide bonds. The first-order chi connectivity index (χ1) is 16.8. The minimum atomic E-state index is -0.930. The molecular weight excluding hydrogens is 466 g/mol. The topological polar surface area (TPSA) is 76.1 Å². The third-order valence-electron chi connectivity index (χ3n) is 6.15. The molecule has 0 aromatic heterocycles. The Morgan fingerprint density at radius 3 is 2.46 bits per heavy atom. The van der Waals surface area contributed by atoms with Crippen LogP contribution in [0.15, 0.2) is 66.2 Å². The number of halogens is 1. The average Bonchev–Trinajstić information content (AvgIpc) is 3.12. The number of methoxy groups -OCH3 is 1. The number of ketones is 1. The van der Waals surface area contributed by atoms with Crippen LogP contribution in [0.4, 0.5) is 5.69 Å². The molecule has 35 heavy (non-hydrogen) atoms. The normalized spacial score (nSPS) is 17.1. The smallest absolute Gasteiger partial charge is 0.300 e. The van der Waals surface area contributed by atoms with Crippen LogP contribution in [-0.4, -0.2) is 30.5 Å². The number of rotatable bonds is 6. The molecule has 1 unspecified atom stereocenters. The summed E-state index contributed by atoms with van der Waals surface area (Å²) in [7, 11) is 1.52. The molecule has 0 bridgehead atoms. The van der Waals surface area contributed by atoms with E-state index in [1.54, 1.807) is 48.5 Å². The molecule has 180 valence electrons. The van der Waals surface area contributed by atoms with Gasteiger partial charge in [-0.05, 0) is 68.3 Å². The monoisotopic (exact) mass is 491 g/mol. The Hall–Kier alpha value is -3.77. The molecule has 3 aromatic carbocycles. The van der Waals surface area contributed by atoms with E-state index >= 15 is 0 Å². The summed E-state index contributed by atoms with van der Waals surface area (Å²) in [6.07, 6.45) is 0. The fourth-order valence-corrected chi connectivity index (χ4v) is 4.46. The number of aryl methyl sites for hydroxylation is 2. The summed E-state index contributed by atoms with van der Waals surface area (Å²) in [6.45, 7) is 6.16. The molecule has 0 aliphatic carbocycles. The van der Waals surface area contributed by atoms with Gasteiger partial charge in [0.2, 0.25) is 0 Å². The quantitative estimate of drug-likeness (QED) is 0.260. The van der Waals surface area contributed by atoms with Crippen LogP contribution in [0.2, 0.25) is 5.02 Å². The van der Waals surface area contributed by atoms with Gasteiger partial charge in [0.05, 0.1) is 30.4 Å². The van der Waals surface area contributed by atoms with Crippen molar-refractivity contribution in [2.75, 3.05) is 18.6 Å². The average molecular weight is 492 g/mol. The summed E-state index contributed by atoms with van der Waals surface area (Å²) in [5.41, 5.74) is 3.25. The van der Waals surface area contributed by atoms with E-state index in [9.17, 15) is 14.7 Å². The zero-order chi connectivity index (χ0) is 25.3. The van der Waals surface area contributed by atoms with E-state index in [0.29, 0.717) is 29.4 Å². The maximum absolute atomic E-state index is 13.4. The van der Waals surface area contributed by atoms with Crippen molar-refractivity contribution in [3.63, 3.8) is 0 Å². The highest BCUT2D eigenvalue weighted by Crippen LogP contribution is 2.46. The lowest BCUT2D eigenvalue weighted by Crippen LogP contribution is -2.29. The second-order valence-corrected chi connectivity index (χ2v) is 8.66. The number of ether oxygens (including phenoxy) is 2. The molecule has 1 saturated heterocycles. The highest BCUT2D eigenvalue weighted by molar-refractivity contribution is 6.52. The fourth-order valence-electron chi connectivity index (χ4n) is 4.25. The standard InChI is InChI=1S/C28H26ClNO5/c1-5-35-19-12-13-22(29)21(15-19)26(31)24-25(20-8-6-7-9-23(20)34-4)30(28(33)27(24)32)18-11-10-16(2)17(3)14-18/h6-15,25,31H,5H2,1-4H3/b26-24+. The zero-order valence-corrected chi connectivity index (χ0v) is 20.7. The maximum Gasteiger partial charge on any atom is 0.300 e. The van der Waals surface area contributed by atoms with Crippen LogP contribution in [0.25, 0.3) is 5.76 Å². The molecule has 1 N–H and O–H groups in total. The van der Waals surface area contributed by atoms with Crippen LogP contribution in [-0.2, 0) is 9.59 Å². The predicted molar refractivity (Wildman–Crippen MR) is 136 cm³/mol. The molecule has 1 atom stereocenters. The highest BCUT2D eigenvalue weighted by Gasteiger charge is 2.48. The predicted octanol–water partition coefficient (Wildman–Crippen LogP) is 5.99. The number of anilines is 1. The minimum absolute atomic E-state index is 0.0757. The van der Waals surface area contributed by atoms with Crippen molar-refractivity contribution >= 4 is 34.7 Å². The number of para-hydroxylation sites is 1. The van der Waals surface area contributed by atoms with Gasteiger partial charge in [0.1, 0.15) is 17.3 Å². The molecule has 1 heterocycles. The van der Waals surface area contributed by atoms with Gasteiger partial charge in [0.25, 0.3) is 11.7 Å². The van der Waals surface area contributed by atoms with Crippen LogP contribution >= 0.6 is 11.6 Å². The molecular formula is C28H26ClNO5. The Morgan fingerprint density at radius 2 is 1.77 bits per heavy atom. The second-order valence-electron chi connectivity index (χ2n) is 8.25. The maximum atomic E-state index is 13.4. The van der Waals surface area contributed by atoms with E-state index in [-0.39, 0.29) is 21.9 Å². The third-order valence-corrected chi connectivity index (χ3v) is 6.48. The van der Waals surface area contributed by atoms with E-state index in [1.165, 1.54) is 12.0 Å². The van der Waals surface area contributed by atoms with Gasteiger partial charge in [-0.25, -0.2) is 0 Å². The number of carbonyl (C=O) groups is 2. The number of aliphatic hydroxyl groups excluding tert-OH is 1. The van der Waals surface area contributed by atoms with Gasteiger partial charge < -0.3 is 14.6 Å². The number of amides is 1. The van der Waals surface area contributed by atoms with Gasteiger partial charge >= 0.3 is 0 Å². The summed E-state index contributed by atoms with van der Waals surface area (Å²) in [5, 5.41) is 11.7. The Morgan fingerprint density at radius 1 is 1.03 bits per heavy atom. The van der Waals surface area contributed by atoms with Crippen LogP contribution in [0.1, 0.15) is 35.2 Å². The molecule has 1 aliphatic rings. The first kappa shape index (κ1) is 24.4. The molecule has 0 radical (unpaired) electrons. The summed E-state index contributed by atoms with van der Waals surface area (Å²) in [6, 6.07) is 16.5. The van der Waals surface area contributed by atoms with Crippen molar-refractivity contribution < 1.29 is 24.2 Å². The molecule has 0 saturated carbocycles. The van der Waals surface area contributed by atoms with E-state index in [2.05, 4.69) is 0 Å². The van der Waals surface area contributed by atoms with Crippen molar-refractivity contribution in [1.82, 2.24) is 0 Å². The van der Waals surface area contributed by atoms with Gasteiger partial charge in [0.15, 0.2) is 0 Å². The van der Waals surface area contributed by atoms with E-state index in [4.69, 9.17) is 21.1 Å². The van der Waals surface area contributed by atoms with Crippen LogP contribution in [0, 0.1) is 13.8 Å². The van der Waals surface area contributed by atoms with Crippen LogP contribution in [0.5, 0.6) is 11.5 Å². The number of benzene rings is 3. The Balaban J connectivity index is 2.00. The van der Waals surface area contributed by atoms with Crippen molar-refractivity contribution in [1.29, 1.82) is 0 Å². The van der Waals surface area contributed by atoms with Gasteiger partial charge in [-0.3, -0.25) is 14.5 Å².